The molecule has 29 heavy (non-hydrogen) atoms. The number of ether oxygens (including phenoxy) is 1. The van der Waals surface area contributed by atoms with Gasteiger partial charge in [0.1, 0.15) is 12.3 Å². The van der Waals surface area contributed by atoms with Gasteiger partial charge in [-0.25, -0.2) is 4.90 Å². The van der Waals surface area contributed by atoms with Crippen LogP contribution in [0.15, 0.2) is 63.3 Å². The van der Waals surface area contributed by atoms with E-state index in [1.165, 1.54) is 12.1 Å². The highest BCUT2D eigenvalue weighted by atomic mass is 79.9. The summed E-state index contributed by atoms with van der Waals surface area (Å²) >= 11 is 3.32. The molecule has 0 aliphatic carbocycles. The van der Waals surface area contributed by atoms with E-state index in [0.717, 1.165) is 9.37 Å². The monoisotopic (exact) mass is 457 g/mol. The number of rotatable bonds is 5. The number of fused-ring (bicyclic) bond motifs is 1. The topological polar surface area (TPSA) is 104 Å². The molecule has 3 amide bonds. The highest BCUT2D eigenvalue weighted by Crippen LogP contribution is 2.32. The first-order valence-electron chi connectivity index (χ1n) is 8.72. The number of carbonyl (C=O) groups is 3. The number of methoxy groups -OCH3 is 1. The zero-order chi connectivity index (χ0) is 20.5. The van der Waals surface area contributed by atoms with Crippen LogP contribution >= 0.6 is 15.9 Å². The van der Waals surface area contributed by atoms with Crippen molar-refractivity contribution in [1.82, 2.24) is 5.01 Å². The maximum atomic E-state index is 12.9. The molecule has 9 nitrogen and oxygen atoms in total. The fourth-order valence-electron chi connectivity index (χ4n) is 3.25. The number of hydrogen-bond acceptors (Lipinski definition) is 7. The number of benzene rings is 2. The Hall–Kier alpha value is -3.27. The minimum Gasteiger partial charge on any atom is -0.497 e. The average molecular weight is 458 g/mol. The average Bonchev–Trinajstić information content (AvgIpc) is 3.23. The van der Waals surface area contributed by atoms with E-state index >= 15 is 0 Å². The largest absolute Gasteiger partial charge is 0.497 e. The van der Waals surface area contributed by atoms with E-state index in [1.807, 2.05) is 0 Å². The van der Waals surface area contributed by atoms with Gasteiger partial charge in [-0.1, -0.05) is 27.2 Å². The Kier molecular flexibility index (Phi) is 5.01. The molecule has 4 rings (SSSR count). The Labute approximate surface area is 174 Å². The number of amides is 3. The van der Waals surface area contributed by atoms with Crippen LogP contribution in [-0.4, -0.2) is 48.5 Å². The molecule has 0 saturated carbocycles. The first-order chi connectivity index (χ1) is 14.0. The smallest absolute Gasteiger partial charge is 0.263 e. The number of halogens is 1. The van der Waals surface area contributed by atoms with Crippen LogP contribution in [0, 0.1) is 0 Å². The summed E-state index contributed by atoms with van der Waals surface area (Å²) in [5, 5.41) is 11.8. The third-order valence-corrected chi connectivity index (χ3v) is 5.13. The van der Waals surface area contributed by atoms with Crippen LogP contribution < -0.4 is 15.0 Å². The van der Waals surface area contributed by atoms with Crippen molar-refractivity contribution >= 4 is 45.0 Å². The van der Waals surface area contributed by atoms with Crippen LogP contribution in [-0.2, 0) is 14.4 Å². The summed E-state index contributed by atoms with van der Waals surface area (Å²) in [5.74, 6) is -0.700. The second-order valence-corrected chi connectivity index (χ2v) is 7.38. The lowest BCUT2D eigenvalue weighted by Gasteiger charge is -2.20. The standard InChI is InChI=1S/C19H16BrN5O4/c1-29-14-4-2-3-12(9-14)21-15(26)10-24-17-16(22-23-24)18(27)25(19(17)28)13-7-5-11(20)6-8-13/h2-9,16-17H,10H2,1H3,(H,21,26). The minimum atomic E-state index is -0.948. The van der Waals surface area contributed by atoms with Crippen molar-refractivity contribution < 1.29 is 19.1 Å². The Morgan fingerprint density at radius 3 is 2.66 bits per heavy atom. The quantitative estimate of drug-likeness (QED) is 0.694. The second-order valence-electron chi connectivity index (χ2n) is 6.46. The van der Waals surface area contributed by atoms with Crippen LogP contribution in [0.25, 0.3) is 0 Å². The number of imide groups is 1. The molecular weight excluding hydrogens is 442 g/mol. The van der Waals surface area contributed by atoms with E-state index in [2.05, 4.69) is 31.6 Å². The van der Waals surface area contributed by atoms with Gasteiger partial charge < -0.3 is 10.1 Å². The molecule has 2 aliphatic rings. The Morgan fingerprint density at radius 1 is 1.17 bits per heavy atom. The summed E-state index contributed by atoms with van der Waals surface area (Å²) in [6.07, 6.45) is 0. The van der Waals surface area contributed by atoms with Gasteiger partial charge in [-0.2, -0.15) is 5.11 Å². The van der Waals surface area contributed by atoms with Gasteiger partial charge in [0, 0.05) is 16.2 Å². The number of hydrogen-bond donors (Lipinski definition) is 1. The maximum absolute atomic E-state index is 12.9. The highest BCUT2D eigenvalue weighted by Gasteiger charge is 2.55. The van der Waals surface area contributed by atoms with Crippen LogP contribution in [0.3, 0.4) is 0 Å². The lowest BCUT2D eigenvalue weighted by Crippen LogP contribution is -2.43. The van der Waals surface area contributed by atoms with Crippen LogP contribution in [0.1, 0.15) is 0 Å². The number of carbonyl (C=O) groups excluding carboxylic acids is 3. The third kappa shape index (κ3) is 3.58. The Bertz CT molecular complexity index is 1010. The van der Waals surface area contributed by atoms with Gasteiger partial charge in [0.25, 0.3) is 11.8 Å². The number of nitrogens with one attached hydrogen (secondary N) is 1. The first-order valence-corrected chi connectivity index (χ1v) is 9.52. The Balaban J connectivity index is 1.47. The molecule has 1 saturated heterocycles. The van der Waals surface area contributed by atoms with Gasteiger partial charge in [-0.3, -0.25) is 19.4 Å². The van der Waals surface area contributed by atoms with Crippen LogP contribution in [0.5, 0.6) is 5.75 Å². The molecule has 2 aliphatic heterocycles. The molecule has 2 aromatic rings. The molecule has 0 radical (unpaired) electrons. The van der Waals surface area contributed by atoms with Crippen LogP contribution in [0.4, 0.5) is 11.4 Å². The lowest BCUT2D eigenvalue weighted by molar-refractivity contribution is -0.123. The van der Waals surface area contributed by atoms with Crippen molar-refractivity contribution in [1.29, 1.82) is 0 Å². The molecule has 2 atom stereocenters. The molecule has 0 bridgehead atoms. The molecule has 0 aromatic heterocycles. The fraction of sp³-hybridized carbons (Fsp3) is 0.211. The zero-order valence-electron chi connectivity index (χ0n) is 15.3. The summed E-state index contributed by atoms with van der Waals surface area (Å²) in [6, 6.07) is 11.8. The van der Waals surface area contributed by atoms with Gasteiger partial charge in [-0.15, -0.1) is 0 Å². The van der Waals surface area contributed by atoms with Crippen molar-refractivity contribution in [2.24, 2.45) is 10.3 Å². The van der Waals surface area contributed by atoms with Crippen molar-refractivity contribution in [3.63, 3.8) is 0 Å². The second kappa shape index (κ2) is 7.63. The number of anilines is 2. The molecular formula is C19H16BrN5O4. The normalized spacial score (nSPS) is 20.2. The van der Waals surface area contributed by atoms with Crippen molar-refractivity contribution in [2.75, 3.05) is 23.9 Å². The molecule has 0 spiro atoms. The van der Waals surface area contributed by atoms with Crippen molar-refractivity contribution in [2.45, 2.75) is 12.1 Å². The molecule has 1 fully saturated rings. The van der Waals surface area contributed by atoms with E-state index in [9.17, 15) is 14.4 Å². The first kappa shape index (κ1) is 19.1. The van der Waals surface area contributed by atoms with E-state index in [0.29, 0.717) is 17.1 Å². The molecule has 10 heteroatoms. The molecule has 1 N–H and O–H groups in total. The zero-order valence-corrected chi connectivity index (χ0v) is 16.9. The summed E-state index contributed by atoms with van der Waals surface area (Å²) in [4.78, 5) is 39.1. The van der Waals surface area contributed by atoms with Gasteiger partial charge in [0.2, 0.25) is 5.91 Å². The van der Waals surface area contributed by atoms with Crippen molar-refractivity contribution in [3.05, 3.63) is 53.0 Å². The predicted molar refractivity (Wildman–Crippen MR) is 107 cm³/mol. The van der Waals surface area contributed by atoms with Gasteiger partial charge in [-0.05, 0) is 36.4 Å². The molecule has 2 unspecified atom stereocenters. The van der Waals surface area contributed by atoms with Crippen molar-refractivity contribution in [3.8, 4) is 5.75 Å². The van der Waals surface area contributed by atoms with Gasteiger partial charge >= 0.3 is 0 Å². The molecule has 148 valence electrons. The summed E-state index contributed by atoms with van der Waals surface area (Å²) in [7, 11) is 1.53. The predicted octanol–water partition coefficient (Wildman–Crippen LogP) is 2.39. The van der Waals surface area contributed by atoms with Crippen LogP contribution in [0.2, 0.25) is 0 Å². The fourth-order valence-corrected chi connectivity index (χ4v) is 3.51. The van der Waals surface area contributed by atoms with E-state index in [-0.39, 0.29) is 12.5 Å². The minimum absolute atomic E-state index is 0.213. The van der Waals surface area contributed by atoms with Gasteiger partial charge in [0.05, 0.1) is 12.8 Å². The molecule has 2 heterocycles. The number of nitrogens with zero attached hydrogens (tertiary/aromatic N) is 4. The van der Waals surface area contributed by atoms with E-state index in [4.69, 9.17) is 4.74 Å². The summed E-state index contributed by atoms with van der Waals surface area (Å²) < 4.78 is 5.96. The SMILES string of the molecule is COc1cccc(NC(=O)CN2N=NC3C(=O)N(c4ccc(Br)cc4)C(=O)C32)c1. The van der Waals surface area contributed by atoms with E-state index < -0.39 is 23.9 Å². The lowest BCUT2D eigenvalue weighted by atomic mass is 10.1. The highest BCUT2D eigenvalue weighted by molar-refractivity contribution is 9.10. The summed E-state index contributed by atoms with van der Waals surface area (Å²) in [5.41, 5.74) is 1.00. The Morgan fingerprint density at radius 2 is 1.93 bits per heavy atom. The summed E-state index contributed by atoms with van der Waals surface area (Å²) in [6.45, 7) is -0.213. The molecule has 2 aromatic carbocycles. The van der Waals surface area contributed by atoms with E-state index in [1.54, 1.807) is 48.5 Å². The third-order valence-electron chi connectivity index (χ3n) is 4.60. The maximum Gasteiger partial charge on any atom is 0.263 e. The van der Waals surface area contributed by atoms with Gasteiger partial charge in [0.15, 0.2) is 12.1 Å².